The van der Waals surface area contributed by atoms with Crippen molar-refractivity contribution in [3.05, 3.63) is 24.0 Å². The third-order valence-electron chi connectivity index (χ3n) is 4.59. The number of rotatable bonds is 5. The van der Waals surface area contributed by atoms with Crippen molar-refractivity contribution in [3.8, 4) is 0 Å². The summed E-state index contributed by atoms with van der Waals surface area (Å²) >= 11 is 0. The van der Waals surface area contributed by atoms with E-state index in [2.05, 4.69) is 20.9 Å². The van der Waals surface area contributed by atoms with E-state index in [4.69, 9.17) is 9.72 Å². The molecule has 0 aliphatic carbocycles. The van der Waals surface area contributed by atoms with Crippen LogP contribution in [0, 0.1) is 5.41 Å². The Morgan fingerprint density at radius 1 is 1.32 bits per heavy atom. The second-order valence-corrected chi connectivity index (χ2v) is 7.71. The lowest BCUT2D eigenvalue weighted by molar-refractivity contribution is -0.123. The smallest absolute Gasteiger partial charge is 0.229 e. The quantitative estimate of drug-likeness (QED) is 0.848. The van der Waals surface area contributed by atoms with E-state index >= 15 is 0 Å². The molecule has 1 N–H and O–H groups in total. The summed E-state index contributed by atoms with van der Waals surface area (Å²) in [6.45, 7) is 10.4. The number of anilines is 1. The van der Waals surface area contributed by atoms with Gasteiger partial charge in [0.25, 0.3) is 0 Å². The molecule has 1 aromatic heterocycles. The number of fused-ring (bicyclic) bond motifs is 3. The van der Waals surface area contributed by atoms with Crippen molar-refractivity contribution in [1.82, 2.24) is 14.5 Å². The van der Waals surface area contributed by atoms with Crippen LogP contribution in [0.4, 0.5) is 5.69 Å². The van der Waals surface area contributed by atoms with Crippen LogP contribution in [0.5, 0.6) is 0 Å². The molecule has 136 valence electrons. The van der Waals surface area contributed by atoms with Gasteiger partial charge in [0.2, 0.25) is 5.91 Å². The molecule has 0 atom stereocenters. The summed E-state index contributed by atoms with van der Waals surface area (Å²) in [5.74, 6) is 1.11. The third kappa shape index (κ3) is 4.02. The van der Waals surface area contributed by atoms with E-state index < -0.39 is 5.41 Å². The average molecular weight is 344 g/mol. The number of hydrogen-bond acceptors (Lipinski definition) is 4. The van der Waals surface area contributed by atoms with Gasteiger partial charge >= 0.3 is 0 Å². The van der Waals surface area contributed by atoms with Crippen LogP contribution in [0.15, 0.2) is 18.2 Å². The number of imidazole rings is 1. The highest BCUT2D eigenvalue weighted by atomic mass is 16.5. The first-order valence-corrected chi connectivity index (χ1v) is 8.90. The van der Waals surface area contributed by atoms with Crippen LogP contribution in [0.2, 0.25) is 0 Å². The van der Waals surface area contributed by atoms with Crippen molar-refractivity contribution in [3.63, 3.8) is 0 Å². The van der Waals surface area contributed by atoms with Crippen molar-refractivity contribution in [1.29, 1.82) is 0 Å². The molecular formula is C19H28N4O2. The zero-order valence-electron chi connectivity index (χ0n) is 15.6. The van der Waals surface area contributed by atoms with E-state index in [0.29, 0.717) is 0 Å². The predicted octanol–water partition coefficient (Wildman–Crippen LogP) is 2.87. The van der Waals surface area contributed by atoms with Crippen molar-refractivity contribution < 1.29 is 9.53 Å². The van der Waals surface area contributed by atoms with Crippen LogP contribution >= 0.6 is 0 Å². The first-order chi connectivity index (χ1) is 11.9. The number of nitrogens with one attached hydrogen (secondary N) is 1. The largest absolute Gasteiger partial charge is 0.385 e. The Morgan fingerprint density at radius 2 is 2.12 bits per heavy atom. The number of nitrogens with zero attached hydrogens (tertiary/aromatic N) is 3. The molecule has 0 bridgehead atoms. The molecule has 6 heteroatoms. The van der Waals surface area contributed by atoms with Crippen LogP contribution in [0.25, 0.3) is 11.0 Å². The minimum atomic E-state index is -0.412. The van der Waals surface area contributed by atoms with Crippen LogP contribution < -0.4 is 5.32 Å². The fourth-order valence-corrected chi connectivity index (χ4v) is 3.09. The Morgan fingerprint density at radius 3 is 2.84 bits per heavy atom. The molecule has 6 nitrogen and oxygen atoms in total. The zero-order valence-corrected chi connectivity index (χ0v) is 15.6. The number of carbonyl (C=O) groups is 1. The molecule has 0 spiro atoms. The number of methoxy groups -OCH3 is 1. The maximum absolute atomic E-state index is 12.2. The van der Waals surface area contributed by atoms with Gasteiger partial charge in [-0.15, -0.1) is 0 Å². The lowest BCUT2D eigenvalue weighted by Gasteiger charge is -2.27. The molecule has 0 unspecified atom stereocenters. The van der Waals surface area contributed by atoms with Crippen molar-refractivity contribution in [2.75, 3.05) is 32.1 Å². The monoisotopic (exact) mass is 344 g/mol. The normalized spacial score (nSPS) is 15.4. The molecule has 0 fully saturated rings. The number of amides is 1. The number of carbonyl (C=O) groups excluding carboxylic acids is 1. The maximum Gasteiger partial charge on any atom is 0.229 e. The van der Waals surface area contributed by atoms with Gasteiger partial charge in [-0.2, -0.15) is 0 Å². The molecule has 3 rings (SSSR count). The molecule has 1 aromatic carbocycles. The van der Waals surface area contributed by atoms with Gasteiger partial charge in [0, 0.05) is 44.5 Å². The van der Waals surface area contributed by atoms with Gasteiger partial charge in [-0.3, -0.25) is 9.69 Å². The minimum Gasteiger partial charge on any atom is -0.385 e. The highest BCUT2D eigenvalue weighted by molar-refractivity contribution is 5.96. The highest BCUT2D eigenvalue weighted by Gasteiger charge is 2.22. The molecular weight excluding hydrogens is 316 g/mol. The van der Waals surface area contributed by atoms with E-state index in [1.54, 1.807) is 7.11 Å². The summed E-state index contributed by atoms with van der Waals surface area (Å²) in [5.41, 5.74) is 2.48. The first kappa shape index (κ1) is 17.9. The van der Waals surface area contributed by atoms with Gasteiger partial charge in [0.15, 0.2) is 0 Å². The van der Waals surface area contributed by atoms with Crippen molar-refractivity contribution in [2.45, 2.75) is 40.3 Å². The minimum absolute atomic E-state index is 0.0140. The van der Waals surface area contributed by atoms with Crippen LogP contribution in [0.3, 0.4) is 0 Å². The molecule has 1 aliphatic rings. The molecule has 1 aliphatic heterocycles. The fourth-order valence-electron chi connectivity index (χ4n) is 3.09. The van der Waals surface area contributed by atoms with Crippen molar-refractivity contribution in [2.24, 2.45) is 5.41 Å². The second kappa shape index (κ2) is 7.14. The van der Waals surface area contributed by atoms with Gasteiger partial charge in [-0.25, -0.2) is 4.98 Å². The highest BCUT2D eigenvalue weighted by Crippen LogP contribution is 2.25. The number of aromatic nitrogens is 2. The maximum atomic E-state index is 12.2. The molecule has 2 aromatic rings. The topological polar surface area (TPSA) is 59.4 Å². The Hall–Kier alpha value is -1.92. The standard InChI is InChI=1S/C19H28N4O2/c1-19(2,3)18(24)20-14-6-7-16-15(12-14)21-17-13-22(8-5-11-25-4)9-10-23(16)17/h6-7,12H,5,8-11,13H2,1-4H3,(H,20,24). The van der Waals surface area contributed by atoms with Gasteiger partial charge in [-0.1, -0.05) is 20.8 Å². The summed E-state index contributed by atoms with van der Waals surface area (Å²) in [4.78, 5) is 19.4. The van der Waals surface area contributed by atoms with E-state index in [-0.39, 0.29) is 5.91 Å². The summed E-state index contributed by atoms with van der Waals surface area (Å²) < 4.78 is 7.43. The van der Waals surface area contributed by atoms with E-state index in [1.165, 1.54) is 0 Å². The van der Waals surface area contributed by atoms with Crippen LogP contribution in [-0.4, -0.2) is 47.2 Å². The first-order valence-electron chi connectivity index (χ1n) is 8.90. The second-order valence-electron chi connectivity index (χ2n) is 7.71. The lowest BCUT2D eigenvalue weighted by Crippen LogP contribution is -2.34. The third-order valence-corrected chi connectivity index (χ3v) is 4.59. The Balaban J connectivity index is 1.76. The summed E-state index contributed by atoms with van der Waals surface area (Å²) in [6.07, 6.45) is 1.04. The van der Waals surface area contributed by atoms with Gasteiger partial charge in [0.1, 0.15) is 5.82 Å². The van der Waals surface area contributed by atoms with Gasteiger partial charge in [-0.05, 0) is 24.6 Å². The predicted molar refractivity (Wildman–Crippen MR) is 99.6 cm³/mol. The summed E-state index contributed by atoms with van der Waals surface area (Å²) in [5, 5.41) is 2.98. The van der Waals surface area contributed by atoms with Crippen LogP contribution in [-0.2, 0) is 22.6 Å². The SMILES string of the molecule is COCCCN1CCn2c(nc3cc(NC(=O)C(C)(C)C)ccc32)C1. The van der Waals surface area contributed by atoms with E-state index in [1.807, 2.05) is 32.9 Å². The molecule has 2 heterocycles. The fraction of sp³-hybridized carbons (Fsp3) is 0.579. The average Bonchev–Trinajstić information content (AvgIpc) is 2.91. The van der Waals surface area contributed by atoms with Gasteiger partial charge in [0.05, 0.1) is 17.6 Å². The molecule has 0 radical (unpaired) electrons. The molecule has 25 heavy (non-hydrogen) atoms. The summed E-state index contributed by atoms with van der Waals surface area (Å²) in [6, 6.07) is 6.00. The van der Waals surface area contributed by atoms with E-state index in [9.17, 15) is 4.79 Å². The molecule has 0 saturated heterocycles. The van der Waals surface area contributed by atoms with Crippen molar-refractivity contribution >= 4 is 22.6 Å². The molecule has 1 amide bonds. The number of benzene rings is 1. The Bertz CT molecular complexity index is 761. The van der Waals surface area contributed by atoms with Crippen LogP contribution in [0.1, 0.15) is 33.0 Å². The zero-order chi connectivity index (χ0) is 18.0. The Labute approximate surface area is 149 Å². The Kier molecular flexibility index (Phi) is 5.11. The summed E-state index contributed by atoms with van der Waals surface area (Å²) in [7, 11) is 1.74. The van der Waals surface area contributed by atoms with Gasteiger partial charge < -0.3 is 14.6 Å². The molecule has 0 saturated carbocycles. The number of hydrogen-bond donors (Lipinski definition) is 1. The lowest BCUT2D eigenvalue weighted by atomic mass is 9.95. The van der Waals surface area contributed by atoms with E-state index in [0.717, 1.165) is 61.8 Å². The number of ether oxygens (including phenoxy) is 1.